The third-order valence-electron chi connectivity index (χ3n) is 10.6. The zero-order valence-electron chi connectivity index (χ0n) is 28.9. The number of fused-ring (bicyclic) bond motifs is 6. The zero-order chi connectivity index (χ0) is 34.6. The van der Waals surface area contributed by atoms with Crippen molar-refractivity contribution in [3.8, 4) is 27.9 Å². The third kappa shape index (κ3) is 4.93. The molecule has 0 bridgehead atoms. The lowest BCUT2D eigenvalue weighted by Crippen LogP contribution is -2.11. The van der Waals surface area contributed by atoms with Crippen LogP contribution >= 0.6 is 0 Å². The van der Waals surface area contributed by atoms with Crippen LogP contribution in [0.4, 0.5) is 0 Å². The smallest absolute Gasteiger partial charge is 0.117 e. The Hall–Kier alpha value is -6.71. The summed E-state index contributed by atoms with van der Waals surface area (Å²) in [5.74, 6) is 1.03. The number of hydrogen-bond acceptors (Lipinski definition) is 1. The molecule has 3 nitrogen and oxygen atoms in total. The minimum Gasteiger partial charge on any atom is -0.309 e. The Bertz CT molecular complexity index is 2900. The Kier molecular flexibility index (Phi) is 7.10. The van der Waals surface area contributed by atoms with Gasteiger partial charge in [-0.25, -0.2) is 4.99 Å². The Morgan fingerprint density at radius 2 is 0.904 bits per heavy atom. The van der Waals surface area contributed by atoms with Crippen LogP contribution in [0.25, 0.3) is 77.1 Å². The van der Waals surface area contributed by atoms with Gasteiger partial charge in [0.05, 0.1) is 22.1 Å². The van der Waals surface area contributed by atoms with E-state index in [1.807, 2.05) is 6.20 Å². The highest BCUT2D eigenvalue weighted by molar-refractivity contribution is 6.16. The molecule has 1 aliphatic rings. The molecular formula is C49H35N3. The molecule has 0 aliphatic carbocycles. The van der Waals surface area contributed by atoms with E-state index in [1.54, 1.807) is 0 Å². The fourth-order valence-corrected chi connectivity index (χ4v) is 8.11. The van der Waals surface area contributed by atoms with Gasteiger partial charge in [0.25, 0.3) is 0 Å². The first-order valence-corrected chi connectivity index (χ1v) is 17.9. The van der Waals surface area contributed by atoms with E-state index in [4.69, 9.17) is 4.99 Å². The van der Waals surface area contributed by atoms with Crippen molar-refractivity contribution in [2.45, 2.75) is 13.3 Å². The lowest BCUT2D eigenvalue weighted by molar-refractivity contribution is 1.14. The number of benzene rings is 7. The maximum absolute atomic E-state index is 5.08. The average Bonchev–Trinajstić information content (AvgIpc) is 3.64. The molecule has 52 heavy (non-hydrogen) atoms. The summed E-state index contributed by atoms with van der Waals surface area (Å²) < 4.78 is 4.73. The summed E-state index contributed by atoms with van der Waals surface area (Å²) in [5.41, 5.74) is 14.5. The van der Waals surface area contributed by atoms with E-state index in [0.29, 0.717) is 0 Å². The van der Waals surface area contributed by atoms with Gasteiger partial charge in [-0.15, -0.1) is 0 Å². The van der Waals surface area contributed by atoms with Crippen molar-refractivity contribution >= 4 is 55.0 Å². The SMILES string of the molecule is CC1=C(c2ccc(-c3ccccc3)cc2)C=CN=C(n2c3ccccc3c3cc(-c4ccc5c(c4)c4ccccc4n5-c4ccccc4)ccc32)C1. The topological polar surface area (TPSA) is 22.2 Å². The fourth-order valence-electron chi connectivity index (χ4n) is 8.11. The van der Waals surface area contributed by atoms with Gasteiger partial charge >= 0.3 is 0 Å². The van der Waals surface area contributed by atoms with Gasteiger partial charge in [0, 0.05) is 39.9 Å². The average molecular weight is 666 g/mol. The monoisotopic (exact) mass is 665 g/mol. The van der Waals surface area contributed by atoms with E-state index in [-0.39, 0.29) is 0 Å². The number of nitrogens with zero attached hydrogens (tertiary/aromatic N) is 3. The summed E-state index contributed by atoms with van der Waals surface area (Å²) in [5, 5.41) is 4.98. The van der Waals surface area contributed by atoms with Crippen LogP contribution in [-0.2, 0) is 0 Å². The van der Waals surface area contributed by atoms with Crippen LogP contribution in [0.3, 0.4) is 0 Å². The summed E-state index contributed by atoms with van der Waals surface area (Å²) >= 11 is 0. The Morgan fingerprint density at radius 1 is 0.423 bits per heavy atom. The second kappa shape index (κ2) is 12.3. The molecule has 7 aromatic carbocycles. The fraction of sp³-hybridized carbons (Fsp3) is 0.0408. The molecule has 0 unspecified atom stereocenters. The molecule has 0 fully saturated rings. The summed E-state index contributed by atoms with van der Waals surface area (Å²) in [6.07, 6.45) is 4.89. The van der Waals surface area contributed by atoms with E-state index in [0.717, 1.165) is 12.3 Å². The highest BCUT2D eigenvalue weighted by Crippen LogP contribution is 2.38. The van der Waals surface area contributed by atoms with Crippen LogP contribution in [0.2, 0.25) is 0 Å². The minimum absolute atomic E-state index is 0.750. The first kappa shape index (κ1) is 30.1. The summed E-state index contributed by atoms with van der Waals surface area (Å²) in [4.78, 5) is 5.08. The van der Waals surface area contributed by atoms with Gasteiger partial charge < -0.3 is 4.57 Å². The molecule has 0 atom stereocenters. The van der Waals surface area contributed by atoms with Crippen LogP contribution in [0, 0.1) is 0 Å². The highest BCUT2D eigenvalue weighted by Gasteiger charge is 2.19. The zero-order valence-corrected chi connectivity index (χ0v) is 28.9. The maximum Gasteiger partial charge on any atom is 0.117 e. The van der Waals surface area contributed by atoms with Gasteiger partial charge in [0.2, 0.25) is 0 Å². The van der Waals surface area contributed by atoms with Crippen molar-refractivity contribution in [2.75, 3.05) is 0 Å². The molecule has 9 aromatic rings. The summed E-state index contributed by atoms with van der Waals surface area (Å²) in [6.45, 7) is 2.24. The van der Waals surface area contributed by atoms with Gasteiger partial charge in [-0.05, 0) is 94.9 Å². The Balaban J connectivity index is 1.05. The lowest BCUT2D eigenvalue weighted by Gasteiger charge is -2.13. The van der Waals surface area contributed by atoms with Crippen LogP contribution < -0.4 is 0 Å². The maximum atomic E-state index is 5.08. The Labute approximate surface area is 302 Å². The number of aliphatic imine (C=N–C) groups is 1. The minimum atomic E-state index is 0.750. The van der Waals surface area contributed by atoms with Crippen LogP contribution in [0.15, 0.2) is 193 Å². The van der Waals surface area contributed by atoms with E-state index in [2.05, 4.69) is 192 Å². The molecule has 0 saturated heterocycles. The van der Waals surface area contributed by atoms with E-state index in [1.165, 1.54) is 88.3 Å². The first-order valence-electron chi connectivity index (χ1n) is 17.9. The predicted octanol–water partition coefficient (Wildman–Crippen LogP) is 12.9. The Morgan fingerprint density at radius 3 is 1.56 bits per heavy atom. The molecule has 3 heteroatoms. The van der Waals surface area contributed by atoms with Gasteiger partial charge in [-0.1, -0.05) is 127 Å². The van der Waals surface area contributed by atoms with Crippen molar-refractivity contribution in [1.29, 1.82) is 0 Å². The van der Waals surface area contributed by atoms with Crippen molar-refractivity contribution in [1.82, 2.24) is 9.13 Å². The van der Waals surface area contributed by atoms with Gasteiger partial charge in [0.15, 0.2) is 0 Å². The standard InChI is InChI=1S/C49H35N3/c1-33-30-49(50-29-28-40(33)36-22-20-35(21-23-36)34-12-4-2-5-13-34)52-46-19-11-9-17-42(46)44-32-38(25-27-48(44)52)37-24-26-47-43(31-37)41-16-8-10-18-45(41)51(47)39-14-6-3-7-15-39/h2-29,31-32H,30H2,1H3. The quantitative estimate of drug-likeness (QED) is 0.179. The molecule has 3 heterocycles. The number of para-hydroxylation sites is 3. The predicted molar refractivity (Wildman–Crippen MR) is 220 cm³/mol. The molecule has 1 aliphatic heterocycles. The second-order valence-corrected chi connectivity index (χ2v) is 13.7. The number of aromatic nitrogens is 2. The molecule has 0 spiro atoms. The molecular weight excluding hydrogens is 631 g/mol. The third-order valence-corrected chi connectivity index (χ3v) is 10.6. The molecule has 0 saturated carbocycles. The highest BCUT2D eigenvalue weighted by atomic mass is 15.1. The largest absolute Gasteiger partial charge is 0.309 e. The number of rotatable bonds is 4. The first-order chi connectivity index (χ1) is 25.7. The van der Waals surface area contributed by atoms with Crippen LogP contribution in [0.5, 0.6) is 0 Å². The van der Waals surface area contributed by atoms with E-state index >= 15 is 0 Å². The molecule has 10 rings (SSSR count). The van der Waals surface area contributed by atoms with Crippen LogP contribution in [-0.4, -0.2) is 15.0 Å². The number of allylic oxidation sites excluding steroid dienone is 3. The van der Waals surface area contributed by atoms with E-state index < -0.39 is 0 Å². The van der Waals surface area contributed by atoms with Gasteiger partial charge in [-0.3, -0.25) is 4.57 Å². The normalized spacial score (nSPS) is 13.4. The van der Waals surface area contributed by atoms with Gasteiger partial charge in [0.1, 0.15) is 5.84 Å². The number of hydrogen-bond donors (Lipinski definition) is 0. The molecule has 2 aromatic heterocycles. The van der Waals surface area contributed by atoms with E-state index in [9.17, 15) is 0 Å². The van der Waals surface area contributed by atoms with Crippen molar-refractivity contribution < 1.29 is 0 Å². The molecule has 0 amide bonds. The summed E-state index contributed by atoms with van der Waals surface area (Å²) in [6, 6.07) is 61.4. The van der Waals surface area contributed by atoms with Gasteiger partial charge in [-0.2, -0.15) is 0 Å². The molecule has 246 valence electrons. The van der Waals surface area contributed by atoms with Crippen molar-refractivity contribution in [3.05, 3.63) is 193 Å². The summed E-state index contributed by atoms with van der Waals surface area (Å²) in [7, 11) is 0. The lowest BCUT2D eigenvalue weighted by atomic mass is 9.96. The van der Waals surface area contributed by atoms with Crippen molar-refractivity contribution in [2.24, 2.45) is 4.99 Å². The van der Waals surface area contributed by atoms with Crippen LogP contribution in [0.1, 0.15) is 18.9 Å². The second-order valence-electron chi connectivity index (χ2n) is 13.7. The molecule has 0 N–H and O–H groups in total. The molecule has 0 radical (unpaired) electrons. The van der Waals surface area contributed by atoms with Crippen molar-refractivity contribution in [3.63, 3.8) is 0 Å².